The lowest BCUT2D eigenvalue weighted by molar-refractivity contribution is -0.116. The third-order valence-electron chi connectivity index (χ3n) is 3.96. The highest BCUT2D eigenvalue weighted by atomic mass is 16.1. The van der Waals surface area contributed by atoms with Crippen LogP contribution in [0.3, 0.4) is 0 Å². The molecule has 0 spiro atoms. The molecule has 0 aromatic heterocycles. The lowest BCUT2D eigenvalue weighted by Gasteiger charge is -2.26. The molecule has 0 bridgehead atoms. The van der Waals surface area contributed by atoms with E-state index in [9.17, 15) is 4.79 Å². The van der Waals surface area contributed by atoms with Crippen molar-refractivity contribution in [2.45, 2.75) is 25.3 Å². The quantitative estimate of drug-likeness (QED) is 0.797. The average molecular weight is 286 g/mol. The van der Waals surface area contributed by atoms with Gasteiger partial charge in [0.1, 0.15) is 0 Å². The number of rotatable bonds is 7. The topological polar surface area (TPSA) is 82.2 Å². The fourth-order valence-electron chi connectivity index (χ4n) is 2.51. The van der Waals surface area contributed by atoms with Crippen molar-refractivity contribution in [2.24, 2.45) is 11.7 Å². The number of benzene rings is 1. The van der Waals surface area contributed by atoms with Crippen LogP contribution >= 0.6 is 0 Å². The van der Waals surface area contributed by atoms with Crippen LogP contribution in [0.1, 0.15) is 24.8 Å². The van der Waals surface area contributed by atoms with E-state index >= 15 is 0 Å². The predicted molar refractivity (Wildman–Crippen MR) is 82.6 cm³/mol. The van der Waals surface area contributed by atoms with Gasteiger partial charge in [-0.15, -0.1) is 0 Å². The molecule has 1 aromatic rings. The number of amides is 1. The molecule has 1 atom stereocenters. The van der Waals surface area contributed by atoms with Gasteiger partial charge in [-0.3, -0.25) is 4.79 Å². The van der Waals surface area contributed by atoms with Crippen molar-refractivity contribution >= 4 is 11.6 Å². The molecule has 1 saturated carbocycles. The van der Waals surface area contributed by atoms with Crippen molar-refractivity contribution in [3.63, 3.8) is 0 Å². The second kappa shape index (κ2) is 7.21. The van der Waals surface area contributed by atoms with Crippen molar-refractivity contribution in [1.29, 1.82) is 5.26 Å². The molecule has 1 amide bonds. The van der Waals surface area contributed by atoms with Gasteiger partial charge in [0.05, 0.1) is 11.6 Å². The summed E-state index contributed by atoms with van der Waals surface area (Å²) < 4.78 is 0. The van der Waals surface area contributed by atoms with Crippen molar-refractivity contribution in [3.05, 3.63) is 29.8 Å². The number of nitriles is 1. The minimum atomic E-state index is -0.0156. The molecule has 1 fully saturated rings. The number of anilines is 1. The standard InChI is InChI=1S/C16H22N4O/c1-20(15(11-18)13-4-5-13)9-8-16(21)19-14-6-2-12(10-17)3-7-14/h2-3,6-7,13,15H,4-5,8-9,11,18H2,1H3,(H,19,21). The van der Waals surface area contributed by atoms with E-state index in [-0.39, 0.29) is 5.91 Å². The van der Waals surface area contributed by atoms with Crippen LogP contribution in [-0.4, -0.2) is 37.0 Å². The van der Waals surface area contributed by atoms with Gasteiger partial charge >= 0.3 is 0 Å². The molecule has 1 aromatic carbocycles. The summed E-state index contributed by atoms with van der Waals surface area (Å²) in [6, 6.07) is 9.32. The fraction of sp³-hybridized carbons (Fsp3) is 0.500. The summed E-state index contributed by atoms with van der Waals surface area (Å²) in [5.41, 5.74) is 7.11. The normalized spacial score (nSPS) is 15.5. The third kappa shape index (κ3) is 4.55. The zero-order valence-electron chi connectivity index (χ0n) is 12.4. The molecule has 21 heavy (non-hydrogen) atoms. The molecule has 1 unspecified atom stereocenters. The smallest absolute Gasteiger partial charge is 0.225 e. The van der Waals surface area contributed by atoms with Gasteiger partial charge in [-0.2, -0.15) is 5.26 Å². The first kappa shape index (κ1) is 15.5. The van der Waals surface area contributed by atoms with Crippen molar-refractivity contribution in [2.75, 3.05) is 25.5 Å². The van der Waals surface area contributed by atoms with Crippen LogP contribution in [0.2, 0.25) is 0 Å². The van der Waals surface area contributed by atoms with E-state index in [1.165, 1.54) is 12.8 Å². The van der Waals surface area contributed by atoms with Crippen LogP contribution in [0.5, 0.6) is 0 Å². The van der Waals surface area contributed by atoms with E-state index in [2.05, 4.69) is 16.3 Å². The van der Waals surface area contributed by atoms with Gasteiger partial charge in [0, 0.05) is 31.2 Å². The number of nitrogens with zero attached hydrogens (tertiary/aromatic N) is 2. The van der Waals surface area contributed by atoms with Gasteiger partial charge < -0.3 is 16.0 Å². The maximum absolute atomic E-state index is 11.9. The van der Waals surface area contributed by atoms with E-state index in [0.717, 1.165) is 5.69 Å². The van der Waals surface area contributed by atoms with Crippen LogP contribution in [0.15, 0.2) is 24.3 Å². The Morgan fingerprint density at radius 2 is 2.14 bits per heavy atom. The highest BCUT2D eigenvalue weighted by Gasteiger charge is 2.32. The Balaban J connectivity index is 1.77. The Morgan fingerprint density at radius 1 is 1.48 bits per heavy atom. The van der Waals surface area contributed by atoms with Gasteiger partial charge in [0.25, 0.3) is 0 Å². The molecule has 1 aliphatic rings. The third-order valence-corrected chi connectivity index (χ3v) is 3.96. The largest absolute Gasteiger partial charge is 0.329 e. The molecular weight excluding hydrogens is 264 g/mol. The highest BCUT2D eigenvalue weighted by Crippen LogP contribution is 2.34. The van der Waals surface area contributed by atoms with Crippen LogP contribution in [0.4, 0.5) is 5.69 Å². The number of hydrogen-bond donors (Lipinski definition) is 2. The molecule has 0 radical (unpaired) electrons. The van der Waals surface area contributed by atoms with Crippen LogP contribution in [0, 0.1) is 17.2 Å². The monoisotopic (exact) mass is 286 g/mol. The van der Waals surface area contributed by atoms with Crippen molar-refractivity contribution in [1.82, 2.24) is 4.90 Å². The molecule has 5 nitrogen and oxygen atoms in total. The first-order chi connectivity index (χ1) is 10.1. The number of carbonyl (C=O) groups is 1. The average Bonchev–Trinajstić information content (AvgIpc) is 3.31. The zero-order valence-corrected chi connectivity index (χ0v) is 12.4. The maximum atomic E-state index is 11.9. The fourth-order valence-corrected chi connectivity index (χ4v) is 2.51. The Kier molecular flexibility index (Phi) is 5.32. The number of nitrogens with one attached hydrogen (secondary N) is 1. The number of carbonyl (C=O) groups excluding carboxylic acids is 1. The first-order valence-corrected chi connectivity index (χ1v) is 7.34. The Hall–Kier alpha value is -1.90. The molecule has 0 aliphatic heterocycles. The van der Waals surface area contributed by atoms with Crippen molar-refractivity contribution in [3.8, 4) is 6.07 Å². The number of likely N-dealkylation sites (N-methyl/N-ethyl adjacent to an activating group) is 1. The van der Waals surface area contributed by atoms with Crippen LogP contribution in [-0.2, 0) is 4.79 Å². The van der Waals surface area contributed by atoms with Gasteiger partial charge in [0.15, 0.2) is 0 Å². The predicted octanol–water partition coefficient (Wildman–Crippen LogP) is 1.56. The molecule has 3 N–H and O–H groups in total. The van der Waals surface area contributed by atoms with Crippen molar-refractivity contribution < 1.29 is 4.79 Å². The summed E-state index contributed by atoms with van der Waals surface area (Å²) in [7, 11) is 2.03. The molecule has 112 valence electrons. The summed E-state index contributed by atoms with van der Waals surface area (Å²) in [5, 5.41) is 11.6. The number of nitrogens with two attached hydrogens (primary N) is 1. The second-order valence-electron chi connectivity index (χ2n) is 5.61. The first-order valence-electron chi connectivity index (χ1n) is 7.34. The molecule has 1 aliphatic carbocycles. The SMILES string of the molecule is CN(CCC(=O)Nc1ccc(C#N)cc1)C(CN)C1CC1. The van der Waals surface area contributed by atoms with E-state index in [4.69, 9.17) is 11.0 Å². The summed E-state index contributed by atoms with van der Waals surface area (Å²) in [6.45, 7) is 1.36. The minimum Gasteiger partial charge on any atom is -0.329 e. The Morgan fingerprint density at radius 3 is 2.67 bits per heavy atom. The van der Waals surface area contributed by atoms with Crippen LogP contribution < -0.4 is 11.1 Å². The van der Waals surface area contributed by atoms with Crippen LogP contribution in [0.25, 0.3) is 0 Å². The molecule has 0 saturated heterocycles. The maximum Gasteiger partial charge on any atom is 0.225 e. The Bertz CT molecular complexity index is 516. The number of hydrogen-bond acceptors (Lipinski definition) is 4. The lowest BCUT2D eigenvalue weighted by atomic mass is 10.1. The Labute approximate surface area is 125 Å². The summed E-state index contributed by atoms with van der Waals surface area (Å²) >= 11 is 0. The van der Waals surface area contributed by atoms with E-state index in [1.807, 2.05) is 7.05 Å². The van der Waals surface area contributed by atoms with Gasteiger partial charge in [0.2, 0.25) is 5.91 Å². The molecular formula is C16H22N4O. The van der Waals surface area contributed by atoms with E-state index in [0.29, 0.717) is 37.0 Å². The second-order valence-corrected chi connectivity index (χ2v) is 5.61. The zero-order chi connectivity index (χ0) is 15.2. The minimum absolute atomic E-state index is 0.0156. The lowest BCUT2D eigenvalue weighted by Crippen LogP contribution is -2.40. The summed E-state index contributed by atoms with van der Waals surface area (Å²) in [4.78, 5) is 14.1. The van der Waals surface area contributed by atoms with Gasteiger partial charge in [-0.05, 0) is 50.1 Å². The van der Waals surface area contributed by atoms with E-state index < -0.39 is 0 Å². The van der Waals surface area contributed by atoms with Gasteiger partial charge in [-0.25, -0.2) is 0 Å². The summed E-state index contributed by atoms with van der Waals surface area (Å²) in [5.74, 6) is 0.694. The molecule has 5 heteroatoms. The summed E-state index contributed by atoms with van der Waals surface area (Å²) in [6.07, 6.45) is 2.95. The van der Waals surface area contributed by atoms with E-state index in [1.54, 1.807) is 24.3 Å². The highest BCUT2D eigenvalue weighted by molar-refractivity contribution is 5.90. The molecule has 0 heterocycles. The molecule has 2 rings (SSSR count). The van der Waals surface area contributed by atoms with Gasteiger partial charge in [-0.1, -0.05) is 0 Å².